The van der Waals surface area contributed by atoms with Crippen molar-refractivity contribution in [1.29, 1.82) is 0 Å². The van der Waals surface area contributed by atoms with Gasteiger partial charge >= 0.3 is 11.9 Å². The van der Waals surface area contributed by atoms with Crippen molar-refractivity contribution in [3.05, 3.63) is 59.7 Å². The molecule has 0 saturated carbocycles. The maximum Gasteiger partial charge on any atom is 0.337 e. The molecule has 0 saturated heterocycles. The number of rotatable bonds is 4. The lowest BCUT2D eigenvalue weighted by Gasteiger charge is -2.09. The third-order valence-electron chi connectivity index (χ3n) is 2.95. The van der Waals surface area contributed by atoms with Crippen molar-refractivity contribution < 1.29 is 23.9 Å². The van der Waals surface area contributed by atoms with Gasteiger partial charge in [-0.2, -0.15) is 0 Å². The zero-order valence-electron chi connectivity index (χ0n) is 12.7. The number of benzene rings is 2. The first-order valence-electron chi connectivity index (χ1n) is 6.78. The lowest BCUT2D eigenvalue weighted by Crippen LogP contribution is -2.15. The number of nitrogens with one attached hydrogen (secondary N) is 1. The molecular weight excluding hydrogens is 298 g/mol. The Balaban J connectivity index is 2.16. The fourth-order valence-electron chi connectivity index (χ4n) is 1.90. The van der Waals surface area contributed by atoms with E-state index in [4.69, 9.17) is 4.74 Å². The zero-order valence-corrected chi connectivity index (χ0v) is 12.7. The molecule has 1 amide bonds. The Bertz CT molecular complexity index is 737. The molecule has 0 heterocycles. The van der Waals surface area contributed by atoms with Crippen LogP contribution in [0, 0.1) is 0 Å². The van der Waals surface area contributed by atoms with Crippen LogP contribution < -0.4 is 10.1 Å². The summed E-state index contributed by atoms with van der Waals surface area (Å²) in [6, 6.07) is 12.7. The van der Waals surface area contributed by atoms with E-state index in [-0.39, 0.29) is 11.3 Å². The van der Waals surface area contributed by atoms with Crippen molar-refractivity contribution in [2.75, 3.05) is 12.4 Å². The number of esters is 2. The molecule has 6 heteroatoms. The van der Waals surface area contributed by atoms with Crippen LogP contribution in [0.3, 0.4) is 0 Å². The van der Waals surface area contributed by atoms with Gasteiger partial charge in [-0.1, -0.05) is 12.1 Å². The van der Waals surface area contributed by atoms with Gasteiger partial charge in [-0.15, -0.1) is 0 Å². The molecule has 0 atom stereocenters. The van der Waals surface area contributed by atoms with Crippen LogP contribution >= 0.6 is 0 Å². The van der Waals surface area contributed by atoms with Crippen LogP contribution in [-0.4, -0.2) is 25.0 Å². The van der Waals surface area contributed by atoms with Gasteiger partial charge in [0.25, 0.3) is 5.91 Å². The lowest BCUT2D eigenvalue weighted by molar-refractivity contribution is -0.131. The van der Waals surface area contributed by atoms with Crippen molar-refractivity contribution >= 4 is 23.5 Å². The Morgan fingerprint density at radius 1 is 0.957 bits per heavy atom. The maximum absolute atomic E-state index is 12.3. The van der Waals surface area contributed by atoms with Gasteiger partial charge in [0.05, 0.1) is 18.2 Å². The van der Waals surface area contributed by atoms with Crippen LogP contribution in [0.1, 0.15) is 27.6 Å². The van der Waals surface area contributed by atoms with Crippen molar-refractivity contribution in [1.82, 2.24) is 0 Å². The summed E-state index contributed by atoms with van der Waals surface area (Å²) in [4.78, 5) is 34.7. The SMILES string of the molecule is COC(=O)c1ccc(NC(=O)c2ccccc2OC(C)=O)cc1. The Kier molecular flexibility index (Phi) is 5.09. The predicted octanol–water partition coefficient (Wildman–Crippen LogP) is 2.65. The van der Waals surface area contributed by atoms with Gasteiger partial charge in [0.1, 0.15) is 5.75 Å². The van der Waals surface area contributed by atoms with Crippen LogP contribution in [0.5, 0.6) is 5.75 Å². The van der Waals surface area contributed by atoms with Gasteiger partial charge in [0.15, 0.2) is 0 Å². The van der Waals surface area contributed by atoms with Gasteiger partial charge < -0.3 is 14.8 Å². The first kappa shape index (κ1) is 16.2. The molecule has 2 aromatic carbocycles. The van der Waals surface area contributed by atoms with Crippen molar-refractivity contribution in [3.63, 3.8) is 0 Å². The molecule has 0 bridgehead atoms. The van der Waals surface area contributed by atoms with Gasteiger partial charge in [0.2, 0.25) is 0 Å². The van der Waals surface area contributed by atoms with E-state index >= 15 is 0 Å². The lowest BCUT2D eigenvalue weighted by atomic mass is 10.1. The normalized spacial score (nSPS) is 9.83. The highest BCUT2D eigenvalue weighted by Gasteiger charge is 2.14. The Morgan fingerprint density at radius 2 is 1.61 bits per heavy atom. The summed E-state index contributed by atoms with van der Waals surface area (Å²) in [6.07, 6.45) is 0. The van der Waals surface area contributed by atoms with Crippen LogP contribution in [-0.2, 0) is 9.53 Å². The monoisotopic (exact) mass is 313 g/mol. The van der Waals surface area contributed by atoms with Gasteiger partial charge in [-0.05, 0) is 36.4 Å². The van der Waals surface area contributed by atoms with Crippen LogP contribution in [0.15, 0.2) is 48.5 Å². The van der Waals surface area contributed by atoms with Crippen molar-refractivity contribution in [2.24, 2.45) is 0 Å². The first-order chi connectivity index (χ1) is 11.0. The van der Waals surface area contributed by atoms with Crippen LogP contribution in [0.25, 0.3) is 0 Å². The Hall–Kier alpha value is -3.15. The highest BCUT2D eigenvalue weighted by atomic mass is 16.5. The highest BCUT2D eigenvalue weighted by molar-refractivity contribution is 6.06. The topological polar surface area (TPSA) is 81.7 Å². The minimum Gasteiger partial charge on any atom is -0.465 e. The molecule has 1 N–H and O–H groups in total. The average Bonchev–Trinajstić information content (AvgIpc) is 2.54. The minimum absolute atomic E-state index is 0.184. The summed E-state index contributed by atoms with van der Waals surface area (Å²) in [6.45, 7) is 1.26. The van der Waals surface area contributed by atoms with E-state index in [9.17, 15) is 14.4 Å². The molecule has 6 nitrogen and oxygen atoms in total. The van der Waals surface area contributed by atoms with Crippen LogP contribution in [0.2, 0.25) is 0 Å². The number of amides is 1. The molecule has 0 radical (unpaired) electrons. The molecule has 0 aliphatic carbocycles. The largest absolute Gasteiger partial charge is 0.465 e. The second kappa shape index (κ2) is 7.22. The fraction of sp³-hybridized carbons (Fsp3) is 0.118. The molecular formula is C17H15NO5. The second-order valence-corrected chi connectivity index (χ2v) is 4.61. The Morgan fingerprint density at radius 3 is 2.22 bits per heavy atom. The van der Waals surface area contributed by atoms with E-state index in [1.807, 2.05) is 0 Å². The smallest absolute Gasteiger partial charge is 0.337 e. The van der Waals surface area contributed by atoms with Gasteiger partial charge in [0, 0.05) is 12.6 Å². The van der Waals surface area contributed by atoms with E-state index < -0.39 is 17.8 Å². The van der Waals surface area contributed by atoms with Crippen molar-refractivity contribution in [2.45, 2.75) is 6.92 Å². The summed E-state index contributed by atoms with van der Waals surface area (Å²) >= 11 is 0. The third kappa shape index (κ3) is 4.16. The summed E-state index contributed by atoms with van der Waals surface area (Å²) in [5, 5.41) is 2.67. The summed E-state index contributed by atoms with van der Waals surface area (Å²) in [5.41, 5.74) is 1.12. The molecule has 0 aliphatic heterocycles. The number of methoxy groups -OCH3 is 1. The Labute approximate surface area is 133 Å². The van der Waals surface area contributed by atoms with E-state index in [1.54, 1.807) is 42.5 Å². The number of carbonyl (C=O) groups excluding carboxylic acids is 3. The third-order valence-corrected chi connectivity index (χ3v) is 2.95. The summed E-state index contributed by atoms with van der Waals surface area (Å²) < 4.78 is 9.61. The molecule has 0 aromatic heterocycles. The molecule has 0 spiro atoms. The molecule has 2 rings (SSSR count). The maximum atomic E-state index is 12.3. The number of para-hydroxylation sites is 1. The minimum atomic E-state index is -0.507. The standard InChI is InChI=1S/C17H15NO5/c1-11(19)23-15-6-4-3-5-14(15)16(20)18-13-9-7-12(8-10-13)17(21)22-2/h3-10H,1-2H3,(H,18,20). The van der Waals surface area contributed by atoms with Crippen molar-refractivity contribution in [3.8, 4) is 5.75 Å². The molecule has 0 fully saturated rings. The number of hydrogen-bond acceptors (Lipinski definition) is 5. The summed E-state index contributed by atoms with van der Waals surface area (Å²) in [5.74, 6) is -1.20. The van der Waals surface area contributed by atoms with E-state index in [1.165, 1.54) is 20.1 Å². The fourth-order valence-corrected chi connectivity index (χ4v) is 1.90. The molecule has 118 valence electrons. The average molecular weight is 313 g/mol. The highest BCUT2D eigenvalue weighted by Crippen LogP contribution is 2.20. The number of carbonyl (C=O) groups is 3. The van der Waals surface area contributed by atoms with Crippen LogP contribution in [0.4, 0.5) is 5.69 Å². The van der Waals surface area contributed by atoms with E-state index in [2.05, 4.69) is 10.1 Å². The van der Waals surface area contributed by atoms with Gasteiger partial charge in [-0.25, -0.2) is 4.79 Å². The number of anilines is 1. The molecule has 0 unspecified atom stereocenters. The molecule has 23 heavy (non-hydrogen) atoms. The first-order valence-corrected chi connectivity index (χ1v) is 6.78. The second-order valence-electron chi connectivity index (χ2n) is 4.61. The molecule has 0 aliphatic rings. The predicted molar refractivity (Wildman–Crippen MR) is 83.5 cm³/mol. The quantitative estimate of drug-likeness (QED) is 0.693. The molecule has 2 aromatic rings. The van der Waals surface area contributed by atoms with E-state index in [0.29, 0.717) is 11.3 Å². The van der Waals surface area contributed by atoms with E-state index in [0.717, 1.165) is 0 Å². The number of hydrogen-bond donors (Lipinski definition) is 1. The number of ether oxygens (including phenoxy) is 2. The van der Waals surface area contributed by atoms with Gasteiger partial charge in [-0.3, -0.25) is 9.59 Å². The zero-order chi connectivity index (χ0) is 16.8. The summed E-state index contributed by atoms with van der Waals surface area (Å²) in [7, 11) is 1.30.